The van der Waals surface area contributed by atoms with Crippen LogP contribution in [0.5, 0.6) is 0 Å². The van der Waals surface area contributed by atoms with Crippen molar-refractivity contribution in [2.24, 2.45) is 0 Å². The van der Waals surface area contributed by atoms with Crippen molar-refractivity contribution in [1.29, 1.82) is 0 Å². The zero-order valence-electron chi connectivity index (χ0n) is 4.74. The Morgan fingerprint density at radius 1 is 0.909 bits per heavy atom. The molecule has 11 heteroatoms. The van der Waals surface area contributed by atoms with Crippen LogP contribution in [0.4, 0.5) is 0 Å². The minimum Gasteiger partial charge on any atom is -0.304 e. The van der Waals surface area contributed by atoms with Gasteiger partial charge in [0.1, 0.15) is 0 Å². The Labute approximate surface area is 61.4 Å². The fraction of sp³-hybridized carbons (Fsp3) is 0. The van der Waals surface area contributed by atoms with Gasteiger partial charge in [-0.25, -0.2) is 9.13 Å². The van der Waals surface area contributed by atoms with Crippen molar-refractivity contribution >= 4 is 24.7 Å². The molecule has 0 aromatic rings. The van der Waals surface area contributed by atoms with Gasteiger partial charge < -0.3 is 9.79 Å². The van der Waals surface area contributed by atoms with E-state index in [0.717, 1.165) is 0 Å². The molecule has 0 radical (unpaired) electrons. The monoisotopic (exact) mass is 220 g/mol. The Morgan fingerprint density at radius 3 is 1.36 bits per heavy atom. The van der Waals surface area contributed by atoms with Crippen LogP contribution >= 0.6 is 15.6 Å². The first-order chi connectivity index (χ1) is 4.83. The van der Waals surface area contributed by atoms with Gasteiger partial charge in [-0.15, -0.1) is 0 Å². The third-order valence-electron chi connectivity index (χ3n) is 0.909. The molecular weight excluding hydrogens is 218 g/mol. The molecule has 0 atom stereocenters. The van der Waals surface area contributed by atoms with E-state index in [0.29, 0.717) is 0 Å². The van der Waals surface area contributed by atoms with Crippen LogP contribution in [-0.4, -0.2) is 18.8 Å². The van der Waals surface area contributed by atoms with Gasteiger partial charge in [-0.05, 0) is 0 Å². The van der Waals surface area contributed by atoms with Crippen molar-refractivity contribution < 1.29 is 35.8 Å². The second kappa shape index (κ2) is 1.85. The van der Waals surface area contributed by atoms with Crippen LogP contribution in [0.25, 0.3) is 0 Å². The Bertz CT molecular complexity index is 239. The molecule has 0 amide bonds. The normalized spacial score (nSPS) is 62.0. The lowest BCUT2D eigenvalue weighted by Gasteiger charge is -2.43. The van der Waals surface area contributed by atoms with Crippen LogP contribution in [-0.2, 0) is 26.0 Å². The SMILES string of the molecule is O=P1(O)O[Si]2(O1)OP(=O)(O)O2. The molecule has 1 spiro atoms. The fourth-order valence-corrected chi connectivity index (χ4v) is 7.01. The molecule has 2 aliphatic heterocycles. The lowest BCUT2D eigenvalue weighted by atomic mass is 15.5. The van der Waals surface area contributed by atoms with Gasteiger partial charge in [0.25, 0.3) is 0 Å². The minimum absolute atomic E-state index is 3.59. The summed E-state index contributed by atoms with van der Waals surface area (Å²) in [5, 5.41) is 0. The molecule has 0 aliphatic carbocycles. The molecule has 0 aromatic carbocycles. The van der Waals surface area contributed by atoms with E-state index in [1.807, 2.05) is 0 Å². The van der Waals surface area contributed by atoms with Crippen molar-refractivity contribution in [3.05, 3.63) is 0 Å². The first kappa shape index (κ1) is 8.05. The maximum Gasteiger partial charge on any atom is 0.714 e. The van der Waals surface area contributed by atoms with Crippen molar-refractivity contribution in [2.75, 3.05) is 0 Å². The van der Waals surface area contributed by atoms with E-state index in [9.17, 15) is 9.13 Å². The van der Waals surface area contributed by atoms with Gasteiger partial charge in [-0.1, -0.05) is 0 Å². The molecule has 0 aromatic heterocycles. The maximum absolute atomic E-state index is 10.3. The Kier molecular flexibility index (Phi) is 1.35. The Balaban J connectivity index is 2.03. The highest BCUT2D eigenvalue weighted by atomic mass is 31.2. The van der Waals surface area contributed by atoms with Crippen LogP contribution in [0, 0.1) is 0 Å². The topological polar surface area (TPSA) is 112 Å². The molecule has 0 unspecified atom stereocenters. The first-order valence-corrected chi connectivity index (χ1v) is 6.94. The van der Waals surface area contributed by atoms with E-state index in [2.05, 4.69) is 16.9 Å². The molecule has 2 heterocycles. The van der Waals surface area contributed by atoms with Crippen LogP contribution < -0.4 is 0 Å². The Morgan fingerprint density at radius 2 is 1.18 bits per heavy atom. The van der Waals surface area contributed by atoms with Crippen LogP contribution in [0.3, 0.4) is 0 Å². The van der Waals surface area contributed by atoms with Gasteiger partial charge >= 0.3 is 24.7 Å². The van der Waals surface area contributed by atoms with Gasteiger partial charge in [-0.2, -0.15) is 0 Å². The van der Waals surface area contributed by atoms with Gasteiger partial charge in [0.2, 0.25) is 0 Å². The second-order valence-electron chi connectivity index (χ2n) is 1.80. The summed E-state index contributed by atoms with van der Waals surface area (Å²) in [7, 11) is -11.6. The van der Waals surface area contributed by atoms with E-state index in [-0.39, 0.29) is 0 Å². The third kappa shape index (κ3) is 1.24. The molecule has 0 bridgehead atoms. The fourth-order valence-electron chi connectivity index (χ4n) is 0.645. The summed E-state index contributed by atoms with van der Waals surface area (Å²) in [6, 6.07) is 0. The van der Waals surface area contributed by atoms with Gasteiger partial charge in [0, 0.05) is 0 Å². The van der Waals surface area contributed by atoms with E-state index in [1.165, 1.54) is 0 Å². The van der Waals surface area contributed by atoms with Crippen LogP contribution in [0.2, 0.25) is 0 Å². The summed E-state index contributed by atoms with van der Waals surface area (Å²) in [6.45, 7) is 0. The molecule has 2 rings (SSSR count). The molecular formula is H2O8P2Si. The van der Waals surface area contributed by atoms with Crippen LogP contribution in [0.1, 0.15) is 0 Å². The zero-order chi connectivity index (χ0) is 8.33. The average Bonchev–Trinajstić information content (AvgIpc) is 1.52. The lowest BCUT2D eigenvalue weighted by Crippen LogP contribution is -2.59. The predicted octanol–water partition coefficient (Wildman–Crippen LogP) is -0.284. The minimum atomic E-state index is -4.03. The second-order valence-corrected chi connectivity index (χ2v) is 7.60. The molecule has 2 saturated heterocycles. The molecule has 2 fully saturated rings. The van der Waals surface area contributed by atoms with Crippen LogP contribution in [0.15, 0.2) is 0 Å². The average molecular weight is 220 g/mol. The van der Waals surface area contributed by atoms with Crippen molar-refractivity contribution in [2.45, 2.75) is 0 Å². The smallest absolute Gasteiger partial charge is 0.304 e. The highest BCUT2D eigenvalue weighted by Crippen LogP contribution is 2.72. The Hall–Kier alpha value is 0.437. The van der Waals surface area contributed by atoms with E-state index >= 15 is 0 Å². The molecule has 2 aliphatic rings. The highest BCUT2D eigenvalue weighted by Gasteiger charge is 2.78. The molecule has 11 heavy (non-hydrogen) atoms. The molecule has 0 saturated carbocycles. The summed E-state index contributed by atoms with van der Waals surface area (Å²) in [5.74, 6) is 0. The molecule has 8 nitrogen and oxygen atoms in total. The lowest BCUT2D eigenvalue weighted by molar-refractivity contribution is -0.00444. The first-order valence-electron chi connectivity index (χ1n) is 2.31. The number of hydrogen-bond donors (Lipinski definition) is 2. The van der Waals surface area contributed by atoms with Gasteiger partial charge in [0.05, 0.1) is 0 Å². The summed E-state index contributed by atoms with van der Waals surface area (Å²) < 4.78 is 37.2. The third-order valence-corrected chi connectivity index (χ3v) is 8.18. The van der Waals surface area contributed by atoms with E-state index in [4.69, 9.17) is 9.79 Å². The van der Waals surface area contributed by atoms with E-state index in [1.54, 1.807) is 0 Å². The summed E-state index contributed by atoms with van der Waals surface area (Å²) in [5.41, 5.74) is 0. The zero-order valence-corrected chi connectivity index (χ0v) is 7.53. The van der Waals surface area contributed by atoms with Gasteiger partial charge in [-0.3, -0.25) is 16.9 Å². The number of rotatable bonds is 0. The predicted molar refractivity (Wildman–Crippen MR) is 29.7 cm³/mol. The largest absolute Gasteiger partial charge is 0.714 e. The molecule has 64 valence electrons. The number of hydrogen-bond acceptors (Lipinski definition) is 6. The summed E-state index contributed by atoms with van der Waals surface area (Å²) in [4.78, 5) is 16.8. The quantitative estimate of drug-likeness (QED) is 0.423. The summed E-state index contributed by atoms with van der Waals surface area (Å²) >= 11 is 0. The van der Waals surface area contributed by atoms with Gasteiger partial charge in [0.15, 0.2) is 0 Å². The summed E-state index contributed by atoms with van der Waals surface area (Å²) in [6.07, 6.45) is 0. The highest BCUT2D eigenvalue weighted by molar-refractivity contribution is 7.60. The standard InChI is InChI=1S/H2O8P2Si/c1-9(2)5-11(6-9)7-10(3,4)8-11/h(H,1,2)(H,3,4). The van der Waals surface area contributed by atoms with Crippen molar-refractivity contribution in [3.8, 4) is 0 Å². The van der Waals surface area contributed by atoms with E-state index < -0.39 is 24.7 Å². The number of phosphoric acid groups is 2. The van der Waals surface area contributed by atoms with Crippen molar-refractivity contribution in [1.82, 2.24) is 0 Å². The van der Waals surface area contributed by atoms with Crippen molar-refractivity contribution in [3.63, 3.8) is 0 Å². The molecule has 2 N–H and O–H groups in total. The maximum atomic E-state index is 10.3.